The van der Waals surface area contributed by atoms with Gasteiger partial charge in [-0.3, -0.25) is 10.4 Å². The summed E-state index contributed by atoms with van der Waals surface area (Å²) in [7, 11) is 0. The second-order valence-corrected chi connectivity index (χ2v) is 6.25. The molecular formula is C19H15N3O2S. The van der Waals surface area contributed by atoms with Gasteiger partial charge in [-0.05, 0) is 60.2 Å². The zero-order valence-electron chi connectivity index (χ0n) is 13.2. The van der Waals surface area contributed by atoms with E-state index in [1.807, 2.05) is 30.3 Å². The third kappa shape index (κ3) is 4.86. The van der Waals surface area contributed by atoms with Gasteiger partial charge in [0, 0.05) is 22.1 Å². The number of carboxylic acids is 1. The molecule has 0 aliphatic rings. The van der Waals surface area contributed by atoms with Crippen molar-refractivity contribution >= 4 is 41.4 Å². The molecular weight excluding hydrogens is 334 g/mol. The normalized spacial score (nSPS) is 11.2. The minimum absolute atomic E-state index is 0.249. The lowest BCUT2D eigenvalue weighted by Gasteiger charge is -1.99. The van der Waals surface area contributed by atoms with Crippen molar-refractivity contribution in [2.45, 2.75) is 0 Å². The Kier molecular flexibility index (Phi) is 5.33. The molecule has 0 radical (unpaired) electrons. The first-order chi connectivity index (χ1) is 12.2. The Hall–Kier alpha value is -3.25. The van der Waals surface area contributed by atoms with Gasteiger partial charge in [-0.2, -0.15) is 5.10 Å². The summed E-state index contributed by atoms with van der Waals surface area (Å²) in [6, 6.07) is 14.4. The summed E-state index contributed by atoms with van der Waals surface area (Å²) in [6.07, 6.45) is 9.35. The fourth-order valence-corrected chi connectivity index (χ4v) is 2.82. The lowest BCUT2D eigenvalue weighted by molar-refractivity contribution is 0.0697. The van der Waals surface area contributed by atoms with Crippen molar-refractivity contribution in [3.63, 3.8) is 0 Å². The quantitative estimate of drug-likeness (QED) is 0.509. The van der Waals surface area contributed by atoms with E-state index in [9.17, 15) is 4.79 Å². The maximum atomic E-state index is 10.8. The maximum Gasteiger partial charge on any atom is 0.335 e. The fourth-order valence-electron chi connectivity index (χ4n) is 2.04. The number of aromatic nitrogens is 1. The molecule has 2 heterocycles. The van der Waals surface area contributed by atoms with Crippen LogP contribution < -0.4 is 5.43 Å². The number of thiophene rings is 1. The average Bonchev–Trinajstić information content (AvgIpc) is 3.09. The number of rotatable bonds is 6. The van der Waals surface area contributed by atoms with Crippen LogP contribution in [0.15, 0.2) is 66.0 Å². The van der Waals surface area contributed by atoms with Gasteiger partial charge in [0.1, 0.15) is 0 Å². The number of hydrazone groups is 1. The molecule has 2 aromatic heterocycles. The number of hydrogen-bond donors (Lipinski definition) is 2. The summed E-state index contributed by atoms with van der Waals surface area (Å²) in [6.45, 7) is 0. The zero-order chi connectivity index (χ0) is 17.5. The monoisotopic (exact) mass is 349 g/mol. The summed E-state index contributed by atoms with van der Waals surface area (Å²) >= 11 is 1.62. The summed E-state index contributed by atoms with van der Waals surface area (Å²) < 4.78 is 0. The topological polar surface area (TPSA) is 74.6 Å². The molecule has 0 unspecified atom stereocenters. The number of carbonyl (C=O) groups is 1. The summed E-state index contributed by atoms with van der Waals surface area (Å²) in [4.78, 5) is 16.9. The second-order valence-electron chi connectivity index (χ2n) is 5.11. The van der Waals surface area contributed by atoms with E-state index in [2.05, 4.69) is 21.6 Å². The van der Waals surface area contributed by atoms with Crippen LogP contribution in [0.3, 0.4) is 0 Å². The first-order valence-corrected chi connectivity index (χ1v) is 8.33. The molecule has 25 heavy (non-hydrogen) atoms. The molecule has 0 aliphatic carbocycles. The highest BCUT2D eigenvalue weighted by Crippen LogP contribution is 2.18. The number of nitrogens with one attached hydrogen (secondary N) is 1. The lowest BCUT2D eigenvalue weighted by atomic mass is 10.2. The van der Waals surface area contributed by atoms with Gasteiger partial charge in [0.05, 0.1) is 17.5 Å². The number of pyridine rings is 1. The van der Waals surface area contributed by atoms with Crippen LogP contribution in [0.2, 0.25) is 0 Å². The predicted molar refractivity (Wildman–Crippen MR) is 102 cm³/mol. The Balaban J connectivity index is 1.58. The molecule has 0 saturated heterocycles. The van der Waals surface area contributed by atoms with Crippen molar-refractivity contribution in [3.05, 3.63) is 81.8 Å². The van der Waals surface area contributed by atoms with Gasteiger partial charge in [-0.15, -0.1) is 11.3 Å². The molecule has 3 aromatic rings. The van der Waals surface area contributed by atoms with E-state index in [0.717, 1.165) is 21.0 Å². The van der Waals surface area contributed by atoms with Gasteiger partial charge in [0.15, 0.2) is 0 Å². The lowest BCUT2D eigenvalue weighted by Crippen LogP contribution is -1.96. The van der Waals surface area contributed by atoms with Crippen molar-refractivity contribution in [1.29, 1.82) is 0 Å². The second kappa shape index (κ2) is 8.03. The van der Waals surface area contributed by atoms with Gasteiger partial charge >= 0.3 is 5.97 Å². The molecule has 0 atom stereocenters. The van der Waals surface area contributed by atoms with E-state index in [-0.39, 0.29) is 5.56 Å². The molecule has 0 spiro atoms. The highest BCUT2D eigenvalue weighted by molar-refractivity contribution is 7.14. The third-order valence-corrected chi connectivity index (χ3v) is 4.30. The molecule has 3 rings (SSSR count). The first kappa shape index (κ1) is 16.6. The van der Waals surface area contributed by atoms with Crippen molar-refractivity contribution in [1.82, 2.24) is 4.98 Å². The molecule has 0 saturated carbocycles. The highest BCUT2D eigenvalue weighted by Gasteiger charge is 2.00. The number of hydrogen-bond acceptors (Lipinski definition) is 5. The molecule has 6 heteroatoms. The largest absolute Gasteiger partial charge is 0.478 e. The first-order valence-electron chi connectivity index (χ1n) is 7.51. The van der Waals surface area contributed by atoms with E-state index in [1.54, 1.807) is 42.1 Å². The summed E-state index contributed by atoms with van der Waals surface area (Å²) in [5, 5.41) is 13.0. The number of nitrogens with zero attached hydrogens (tertiary/aromatic N) is 2. The third-order valence-electron chi connectivity index (χ3n) is 3.31. The van der Waals surface area contributed by atoms with Gasteiger partial charge < -0.3 is 5.11 Å². The summed E-state index contributed by atoms with van der Waals surface area (Å²) in [5.41, 5.74) is 4.97. The Morgan fingerprint density at radius 2 is 1.72 bits per heavy atom. The Labute approximate surface area is 149 Å². The molecule has 2 N–H and O–H groups in total. The van der Waals surface area contributed by atoms with Crippen LogP contribution in [-0.4, -0.2) is 22.3 Å². The van der Waals surface area contributed by atoms with Crippen molar-refractivity contribution in [2.75, 3.05) is 5.43 Å². The Morgan fingerprint density at radius 1 is 1.00 bits per heavy atom. The van der Waals surface area contributed by atoms with Crippen LogP contribution in [0.1, 0.15) is 25.7 Å². The predicted octanol–water partition coefficient (Wildman–Crippen LogP) is 4.46. The molecule has 0 fully saturated rings. The maximum absolute atomic E-state index is 10.8. The van der Waals surface area contributed by atoms with Crippen molar-refractivity contribution < 1.29 is 9.90 Å². The zero-order valence-corrected chi connectivity index (χ0v) is 14.0. The van der Waals surface area contributed by atoms with Crippen LogP contribution in [0.5, 0.6) is 0 Å². The van der Waals surface area contributed by atoms with Crippen LogP contribution in [0.25, 0.3) is 12.2 Å². The summed E-state index contributed by atoms with van der Waals surface area (Å²) in [5.74, 6) is -0.944. The Bertz CT molecular complexity index is 900. The number of benzene rings is 1. The molecule has 5 nitrogen and oxygen atoms in total. The molecule has 1 aromatic carbocycles. The van der Waals surface area contributed by atoms with E-state index >= 15 is 0 Å². The van der Waals surface area contributed by atoms with Crippen molar-refractivity contribution in [3.8, 4) is 0 Å². The van der Waals surface area contributed by atoms with E-state index in [0.29, 0.717) is 0 Å². The van der Waals surface area contributed by atoms with Gasteiger partial charge in [0.25, 0.3) is 0 Å². The molecule has 0 amide bonds. The average molecular weight is 349 g/mol. The standard InChI is InChI=1S/C19H15N3O2S/c23-19(24)15-2-4-16(5-3-15)22-21-13-18-8-7-17(25-18)6-1-14-9-11-20-12-10-14/h1-13,22H,(H,23,24)/b6-1+,21-13+. The van der Waals surface area contributed by atoms with E-state index < -0.39 is 5.97 Å². The van der Waals surface area contributed by atoms with Gasteiger partial charge in [0.2, 0.25) is 0 Å². The SMILES string of the molecule is O=C(O)c1ccc(N/N=C/c2ccc(/C=C/c3ccncc3)s2)cc1. The van der Waals surface area contributed by atoms with Crippen molar-refractivity contribution in [2.24, 2.45) is 5.10 Å². The minimum Gasteiger partial charge on any atom is -0.478 e. The number of aromatic carboxylic acids is 1. The highest BCUT2D eigenvalue weighted by atomic mass is 32.1. The molecule has 0 aliphatic heterocycles. The number of carboxylic acid groups (broad SMARTS) is 1. The number of anilines is 1. The van der Waals surface area contributed by atoms with E-state index in [1.165, 1.54) is 12.1 Å². The molecule has 0 bridgehead atoms. The fraction of sp³-hybridized carbons (Fsp3) is 0. The van der Waals surface area contributed by atoms with Gasteiger partial charge in [-0.1, -0.05) is 6.08 Å². The van der Waals surface area contributed by atoms with Crippen LogP contribution in [-0.2, 0) is 0 Å². The van der Waals surface area contributed by atoms with Gasteiger partial charge in [-0.25, -0.2) is 4.79 Å². The minimum atomic E-state index is -0.944. The van der Waals surface area contributed by atoms with Crippen LogP contribution in [0, 0.1) is 0 Å². The van der Waals surface area contributed by atoms with E-state index in [4.69, 9.17) is 5.11 Å². The van der Waals surface area contributed by atoms with Crippen LogP contribution >= 0.6 is 11.3 Å². The Morgan fingerprint density at radius 3 is 2.44 bits per heavy atom. The van der Waals surface area contributed by atoms with Crippen LogP contribution in [0.4, 0.5) is 5.69 Å². The molecule has 124 valence electrons. The smallest absolute Gasteiger partial charge is 0.335 e.